The van der Waals surface area contributed by atoms with Gasteiger partial charge in [-0.05, 0) is 69.3 Å². The second-order valence-electron chi connectivity index (χ2n) is 12.6. The monoisotopic (exact) mass is 656 g/mol. The summed E-state index contributed by atoms with van der Waals surface area (Å²) < 4.78 is 8.67. The minimum atomic E-state index is 0.907. The fourth-order valence-electron chi connectivity index (χ4n) is 7.13. The lowest BCUT2D eigenvalue weighted by atomic mass is 9.96. The molecular formula is C46H28N2OS. The SMILES string of the molecule is c1ccc(-c2ccc(-c3ccc4sc5c(-c6cccc(-c7cccc(-c8cccc9c8oc8ccccc89)c7)c6)ncnc5c4c3)cc2)cc1. The van der Waals surface area contributed by atoms with Gasteiger partial charge in [0, 0.05) is 32.0 Å². The summed E-state index contributed by atoms with van der Waals surface area (Å²) in [5, 5.41) is 3.43. The van der Waals surface area contributed by atoms with Crippen molar-refractivity contribution in [3.8, 4) is 55.8 Å². The van der Waals surface area contributed by atoms with Gasteiger partial charge in [0.2, 0.25) is 0 Å². The molecule has 0 atom stereocenters. The third-order valence-electron chi connectivity index (χ3n) is 9.62. The van der Waals surface area contributed by atoms with Crippen LogP contribution >= 0.6 is 11.3 Å². The van der Waals surface area contributed by atoms with Crippen molar-refractivity contribution in [1.29, 1.82) is 0 Å². The molecule has 50 heavy (non-hydrogen) atoms. The molecule has 4 heteroatoms. The van der Waals surface area contributed by atoms with E-state index in [1.54, 1.807) is 17.7 Å². The van der Waals surface area contributed by atoms with Crippen LogP contribution in [0.3, 0.4) is 0 Å². The average Bonchev–Trinajstić information content (AvgIpc) is 3.77. The summed E-state index contributed by atoms with van der Waals surface area (Å²) >= 11 is 1.76. The molecule has 0 fully saturated rings. The molecule has 0 spiro atoms. The largest absolute Gasteiger partial charge is 0.455 e. The van der Waals surface area contributed by atoms with Crippen LogP contribution in [0.4, 0.5) is 0 Å². The smallest absolute Gasteiger partial charge is 0.143 e. The number of thiophene rings is 1. The maximum atomic E-state index is 6.37. The zero-order valence-electron chi connectivity index (χ0n) is 26.9. The predicted molar refractivity (Wildman–Crippen MR) is 209 cm³/mol. The molecule has 3 nitrogen and oxygen atoms in total. The van der Waals surface area contributed by atoms with Gasteiger partial charge in [0.05, 0.1) is 15.9 Å². The van der Waals surface area contributed by atoms with E-state index in [9.17, 15) is 0 Å². The average molecular weight is 657 g/mol. The number of furan rings is 1. The molecule has 0 unspecified atom stereocenters. The topological polar surface area (TPSA) is 38.9 Å². The van der Waals surface area contributed by atoms with E-state index >= 15 is 0 Å². The molecule has 0 N–H and O–H groups in total. The van der Waals surface area contributed by atoms with Crippen LogP contribution in [0.5, 0.6) is 0 Å². The number of rotatable bonds is 5. The summed E-state index contributed by atoms with van der Waals surface area (Å²) in [7, 11) is 0. The Bertz CT molecular complexity index is 2870. The van der Waals surface area contributed by atoms with Crippen LogP contribution in [0.15, 0.2) is 175 Å². The van der Waals surface area contributed by atoms with E-state index in [4.69, 9.17) is 14.4 Å². The van der Waals surface area contributed by atoms with Crippen molar-refractivity contribution in [2.45, 2.75) is 0 Å². The van der Waals surface area contributed by atoms with Gasteiger partial charge >= 0.3 is 0 Å². The van der Waals surface area contributed by atoms with E-state index < -0.39 is 0 Å². The lowest BCUT2D eigenvalue weighted by Gasteiger charge is -2.09. The van der Waals surface area contributed by atoms with Crippen molar-refractivity contribution >= 4 is 53.6 Å². The van der Waals surface area contributed by atoms with E-state index in [1.165, 1.54) is 27.0 Å². The first-order valence-electron chi connectivity index (χ1n) is 16.7. The van der Waals surface area contributed by atoms with E-state index in [0.717, 1.165) is 71.1 Å². The highest BCUT2D eigenvalue weighted by Crippen LogP contribution is 2.41. The Morgan fingerprint density at radius 1 is 0.420 bits per heavy atom. The van der Waals surface area contributed by atoms with Gasteiger partial charge in [-0.2, -0.15) is 0 Å². The summed E-state index contributed by atoms with van der Waals surface area (Å²) in [6, 6.07) is 58.0. The number of benzene rings is 7. The van der Waals surface area contributed by atoms with Gasteiger partial charge in [0.1, 0.15) is 17.5 Å². The van der Waals surface area contributed by atoms with E-state index in [1.807, 2.05) is 12.1 Å². The van der Waals surface area contributed by atoms with Crippen molar-refractivity contribution in [2.75, 3.05) is 0 Å². The molecular weight excluding hydrogens is 629 g/mol. The highest BCUT2D eigenvalue weighted by molar-refractivity contribution is 7.26. The number of nitrogens with zero attached hydrogens (tertiary/aromatic N) is 2. The van der Waals surface area contributed by atoms with Crippen molar-refractivity contribution in [3.63, 3.8) is 0 Å². The Hall–Kier alpha value is -6.36. The van der Waals surface area contributed by atoms with Gasteiger partial charge in [-0.3, -0.25) is 0 Å². The van der Waals surface area contributed by atoms with Crippen molar-refractivity contribution < 1.29 is 4.42 Å². The zero-order valence-corrected chi connectivity index (χ0v) is 27.7. The van der Waals surface area contributed by atoms with Crippen LogP contribution in [-0.2, 0) is 0 Å². The highest BCUT2D eigenvalue weighted by atomic mass is 32.1. The summed E-state index contributed by atoms with van der Waals surface area (Å²) in [6.45, 7) is 0. The van der Waals surface area contributed by atoms with Gasteiger partial charge < -0.3 is 4.42 Å². The molecule has 10 aromatic rings. The first kappa shape index (κ1) is 28.6. The lowest BCUT2D eigenvalue weighted by Crippen LogP contribution is -1.88. The van der Waals surface area contributed by atoms with Crippen LogP contribution in [0, 0.1) is 0 Å². The normalized spacial score (nSPS) is 11.6. The van der Waals surface area contributed by atoms with Crippen molar-refractivity contribution in [1.82, 2.24) is 9.97 Å². The minimum absolute atomic E-state index is 0.907. The third kappa shape index (κ3) is 4.80. The molecule has 3 heterocycles. The van der Waals surface area contributed by atoms with Crippen LogP contribution < -0.4 is 0 Å². The quantitative estimate of drug-likeness (QED) is 0.185. The maximum Gasteiger partial charge on any atom is 0.143 e. The Morgan fingerprint density at radius 3 is 1.86 bits per heavy atom. The van der Waals surface area contributed by atoms with Gasteiger partial charge in [-0.15, -0.1) is 11.3 Å². The van der Waals surface area contributed by atoms with Crippen LogP contribution in [-0.4, -0.2) is 9.97 Å². The van der Waals surface area contributed by atoms with Crippen molar-refractivity contribution in [2.24, 2.45) is 0 Å². The summed E-state index contributed by atoms with van der Waals surface area (Å²) in [6.07, 6.45) is 1.70. The van der Waals surface area contributed by atoms with Crippen LogP contribution in [0.2, 0.25) is 0 Å². The molecule has 0 saturated carbocycles. The molecule has 0 aliphatic carbocycles. The third-order valence-corrected chi connectivity index (χ3v) is 10.8. The fourth-order valence-corrected chi connectivity index (χ4v) is 8.28. The van der Waals surface area contributed by atoms with Gasteiger partial charge in [-0.25, -0.2) is 9.97 Å². The number of hydrogen-bond donors (Lipinski definition) is 0. The van der Waals surface area contributed by atoms with Gasteiger partial charge in [-0.1, -0.05) is 133 Å². The first-order valence-corrected chi connectivity index (χ1v) is 17.5. The summed E-state index contributed by atoms with van der Waals surface area (Å²) in [5.74, 6) is 0. The molecule has 0 bridgehead atoms. The summed E-state index contributed by atoms with van der Waals surface area (Å²) in [5.41, 5.74) is 14.1. The molecule has 234 valence electrons. The molecule has 0 aliphatic rings. The number of hydrogen-bond acceptors (Lipinski definition) is 4. The Balaban J connectivity index is 1.01. The van der Waals surface area contributed by atoms with Crippen molar-refractivity contribution in [3.05, 3.63) is 170 Å². The minimum Gasteiger partial charge on any atom is -0.455 e. The molecule has 0 aliphatic heterocycles. The molecule has 3 aromatic heterocycles. The molecule has 10 rings (SSSR count). The number of aromatic nitrogens is 2. The first-order chi connectivity index (χ1) is 24.8. The molecule has 7 aromatic carbocycles. The van der Waals surface area contributed by atoms with Gasteiger partial charge in [0.25, 0.3) is 0 Å². The second kappa shape index (κ2) is 11.7. The van der Waals surface area contributed by atoms with E-state index in [2.05, 4.69) is 152 Å². The van der Waals surface area contributed by atoms with Crippen LogP contribution in [0.25, 0.3) is 98.0 Å². The predicted octanol–water partition coefficient (Wildman–Crippen LogP) is 13.1. The number of fused-ring (bicyclic) bond motifs is 6. The standard InChI is InChI=1S/C46H28N2OS/c1-2-9-29(10-3-1)30-19-21-31(22-20-30)34-23-24-42-40(27-34)44-46(50-42)43(47-28-48-44)36-14-7-12-33(26-36)32-11-6-13-35(25-32)37-16-8-17-39-38-15-4-5-18-41(38)49-45(37)39/h1-28H. The Kier molecular flexibility index (Phi) is 6.68. The highest BCUT2D eigenvalue weighted by Gasteiger charge is 2.16. The maximum absolute atomic E-state index is 6.37. The lowest BCUT2D eigenvalue weighted by molar-refractivity contribution is 0.670. The molecule has 0 amide bonds. The second-order valence-corrected chi connectivity index (χ2v) is 13.7. The van der Waals surface area contributed by atoms with E-state index in [0.29, 0.717) is 0 Å². The molecule has 0 saturated heterocycles. The Morgan fingerprint density at radius 2 is 1.02 bits per heavy atom. The van der Waals surface area contributed by atoms with Crippen LogP contribution in [0.1, 0.15) is 0 Å². The molecule has 0 radical (unpaired) electrons. The summed E-state index contributed by atoms with van der Waals surface area (Å²) in [4.78, 5) is 9.63. The fraction of sp³-hybridized carbons (Fsp3) is 0. The van der Waals surface area contributed by atoms with E-state index in [-0.39, 0.29) is 0 Å². The zero-order chi connectivity index (χ0) is 33.0. The number of para-hydroxylation sites is 2. The Labute approximate surface area is 292 Å². The van der Waals surface area contributed by atoms with Gasteiger partial charge in [0.15, 0.2) is 0 Å².